The molecule has 106 valence electrons. The van der Waals surface area contributed by atoms with Crippen molar-refractivity contribution < 1.29 is 13.5 Å². The minimum Gasteiger partial charge on any atom is -0.395 e. The van der Waals surface area contributed by atoms with Crippen LogP contribution < -0.4 is 0 Å². The van der Waals surface area contributed by atoms with Crippen molar-refractivity contribution in [2.75, 3.05) is 26.2 Å². The Labute approximate surface area is 110 Å². The van der Waals surface area contributed by atoms with Gasteiger partial charge < -0.3 is 5.11 Å². The lowest BCUT2D eigenvalue weighted by atomic mass is 9.93. The average Bonchev–Trinajstić information content (AvgIpc) is 2.26. The van der Waals surface area contributed by atoms with Crippen molar-refractivity contribution in [1.29, 1.82) is 0 Å². The molecule has 1 N–H and O–H groups in total. The summed E-state index contributed by atoms with van der Waals surface area (Å²) in [7, 11) is -3.36. The SMILES string of the molecule is CC1CCN(S(=O)(=O)N(CCO)C2CCC2)CC1. The van der Waals surface area contributed by atoms with Gasteiger partial charge in [-0.3, -0.25) is 0 Å². The molecule has 0 amide bonds. The molecule has 0 atom stereocenters. The molecule has 18 heavy (non-hydrogen) atoms. The van der Waals surface area contributed by atoms with Crippen molar-refractivity contribution >= 4 is 10.2 Å². The Morgan fingerprint density at radius 2 is 1.83 bits per heavy atom. The zero-order valence-corrected chi connectivity index (χ0v) is 11.9. The minimum absolute atomic E-state index is 0.0972. The van der Waals surface area contributed by atoms with Gasteiger partial charge in [-0.25, -0.2) is 0 Å². The maximum absolute atomic E-state index is 12.6. The number of nitrogens with zero attached hydrogens (tertiary/aromatic N) is 2. The highest BCUT2D eigenvalue weighted by Gasteiger charge is 2.38. The molecule has 5 nitrogen and oxygen atoms in total. The van der Waals surface area contributed by atoms with Crippen LogP contribution in [-0.4, -0.2) is 54.4 Å². The third-order valence-electron chi connectivity index (χ3n) is 4.17. The smallest absolute Gasteiger partial charge is 0.282 e. The monoisotopic (exact) mass is 276 g/mol. The summed E-state index contributed by atoms with van der Waals surface area (Å²) in [5.41, 5.74) is 0. The number of piperidine rings is 1. The van der Waals surface area contributed by atoms with Crippen LogP contribution in [0.2, 0.25) is 0 Å². The zero-order valence-electron chi connectivity index (χ0n) is 11.1. The van der Waals surface area contributed by atoms with E-state index in [0.717, 1.165) is 32.1 Å². The topological polar surface area (TPSA) is 60.9 Å². The van der Waals surface area contributed by atoms with Gasteiger partial charge in [0, 0.05) is 25.7 Å². The molecule has 0 unspecified atom stereocenters. The predicted molar refractivity (Wildman–Crippen MR) is 70.3 cm³/mol. The molecule has 2 rings (SSSR count). The van der Waals surface area contributed by atoms with Gasteiger partial charge in [0.05, 0.1) is 6.61 Å². The van der Waals surface area contributed by atoms with Gasteiger partial charge in [-0.2, -0.15) is 17.0 Å². The second-order valence-corrected chi connectivity index (χ2v) is 7.39. The average molecular weight is 276 g/mol. The number of aliphatic hydroxyl groups excluding tert-OH is 1. The molecule has 0 spiro atoms. The molecule has 0 aromatic heterocycles. The van der Waals surface area contributed by atoms with Crippen molar-refractivity contribution in [2.45, 2.75) is 45.1 Å². The Balaban J connectivity index is 2.06. The lowest BCUT2D eigenvalue weighted by Gasteiger charge is -2.40. The van der Waals surface area contributed by atoms with Gasteiger partial charge in [0.1, 0.15) is 0 Å². The van der Waals surface area contributed by atoms with Gasteiger partial charge in [0.2, 0.25) is 0 Å². The molecule has 2 fully saturated rings. The van der Waals surface area contributed by atoms with E-state index in [1.807, 2.05) is 0 Å². The van der Waals surface area contributed by atoms with Crippen molar-refractivity contribution in [1.82, 2.24) is 8.61 Å². The predicted octanol–water partition coefficient (Wildman–Crippen LogP) is 0.810. The van der Waals surface area contributed by atoms with Crippen molar-refractivity contribution in [3.05, 3.63) is 0 Å². The summed E-state index contributed by atoms with van der Waals surface area (Å²) in [5.74, 6) is 0.617. The van der Waals surface area contributed by atoms with Gasteiger partial charge in [0.25, 0.3) is 10.2 Å². The van der Waals surface area contributed by atoms with E-state index in [1.54, 1.807) is 4.31 Å². The second kappa shape index (κ2) is 5.86. The van der Waals surface area contributed by atoms with Crippen LogP contribution in [0.1, 0.15) is 39.0 Å². The lowest BCUT2D eigenvalue weighted by Crippen LogP contribution is -2.53. The van der Waals surface area contributed by atoms with Crippen molar-refractivity contribution in [2.24, 2.45) is 5.92 Å². The van der Waals surface area contributed by atoms with Crippen LogP contribution in [0.4, 0.5) is 0 Å². The van der Waals surface area contributed by atoms with Crippen LogP contribution in [0.25, 0.3) is 0 Å². The van der Waals surface area contributed by atoms with E-state index < -0.39 is 10.2 Å². The molecule has 2 aliphatic rings. The van der Waals surface area contributed by atoms with Crippen LogP contribution in [0.5, 0.6) is 0 Å². The largest absolute Gasteiger partial charge is 0.395 e. The first kappa shape index (κ1) is 14.2. The van der Waals surface area contributed by atoms with Crippen LogP contribution in [0.15, 0.2) is 0 Å². The lowest BCUT2D eigenvalue weighted by molar-refractivity contribution is 0.162. The van der Waals surface area contributed by atoms with Crippen LogP contribution >= 0.6 is 0 Å². The highest BCUT2D eigenvalue weighted by Crippen LogP contribution is 2.29. The molecule has 1 aliphatic heterocycles. The third kappa shape index (κ3) is 2.87. The molecule has 0 bridgehead atoms. The van der Waals surface area contributed by atoms with Crippen LogP contribution in [0, 0.1) is 5.92 Å². The fraction of sp³-hybridized carbons (Fsp3) is 1.00. The number of rotatable bonds is 5. The Morgan fingerprint density at radius 1 is 1.22 bits per heavy atom. The minimum atomic E-state index is -3.36. The van der Waals surface area contributed by atoms with Gasteiger partial charge in [-0.15, -0.1) is 0 Å². The van der Waals surface area contributed by atoms with E-state index in [4.69, 9.17) is 5.11 Å². The Morgan fingerprint density at radius 3 is 2.28 bits per heavy atom. The number of aliphatic hydroxyl groups is 1. The quantitative estimate of drug-likeness (QED) is 0.808. The van der Waals surface area contributed by atoms with E-state index in [9.17, 15) is 8.42 Å². The Bertz CT molecular complexity index is 360. The summed E-state index contributed by atoms with van der Waals surface area (Å²) in [6.45, 7) is 3.55. The Hall–Kier alpha value is -0.170. The zero-order chi connectivity index (χ0) is 13.2. The molecule has 6 heteroatoms. The third-order valence-corrected chi connectivity index (χ3v) is 6.26. The van der Waals surface area contributed by atoms with E-state index >= 15 is 0 Å². The van der Waals surface area contributed by atoms with Crippen LogP contribution in [-0.2, 0) is 10.2 Å². The van der Waals surface area contributed by atoms with Crippen molar-refractivity contribution in [3.63, 3.8) is 0 Å². The summed E-state index contributed by atoms with van der Waals surface area (Å²) >= 11 is 0. The molecule has 1 aliphatic carbocycles. The first-order valence-electron chi connectivity index (χ1n) is 6.93. The molecule has 0 aromatic rings. The first-order chi connectivity index (χ1) is 8.55. The summed E-state index contributed by atoms with van der Waals surface area (Å²) in [4.78, 5) is 0. The standard InChI is InChI=1S/C12H24N2O3S/c1-11-5-7-13(8-6-11)18(16,17)14(9-10-15)12-3-2-4-12/h11-12,15H,2-10H2,1H3. The fourth-order valence-electron chi connectivity index (χ4n) is 2.62. The first-order valence-corrected chi connectivity index (χ1v) is 8.33. The molecule has 0 radical (unpaired) electrons. The second-order valence-electron chi connectivity index (χ2n) is 5.51. The summed E-state index contributed by atoms with van der Waals surface area (Å²) in [6.07, 6.45) is 4.85. The molecular weight excluding hydrogens is 252 g/mol. The Kier molecular flexibility index (Phi) is 4.64. The van der Waals surface area contributed by atoms with E-state index in [1.165, 1.54) is 4.31 Å². The maximum Gasteiger partial charge on any atom is 0.282 e. The maximum atomic E-state index is 12.6. The van der Waals surface area contributed by atoms with Crippen molar-refractivity contribution in [3.8, 4) is 0 Å². The van der Waals surface area contributed by atoms with E-state index in [2.05, 4.69) is 6.92 Å². The van der Waals surface area contributed by atoms with E-state index in [-0.39, 0.29) is 19.2 Å². The highest BCUT2D eigenvalue weighted by molar-refractivity contribution is 7.86. The van der Waals surface area contributed by atoms with Gasteiger partial charge in [-0.05, 0) is 31.6 Å². The van der Waals surface area contributed by atoms with Crippen LogP contribution in [0.3, 0.4) is 0 Å². The fourth-order valence-corrected chi connectivity index (χ4v) is 4.49. The van der Waals surface area contributed by atoms with Gasteiger partial charge in [-0.1, -0.05) is 13.3 Å². The molecule has 1 saturated carbocycles. The molecule has 0 aromatic carbocycles. The molecular formula is C12H24N2O3S. The van der Waals surface area contributed by atoms with E-state index in [0.29, 0.717) is 19.0 Å². The number of hydrogen-bond donors (Lipinski definition) is 1. The normalized spacial score (nSPS) is 24.4. The summed E-state index contributed by atoms with van der Waals surface area (Å²) < 4.78 is 28.2. The highest BCUT2D eigenvalue weighted by atomic mass is 32.2. The summed E-state index contributed by atoms with van der Waals surface area (Å²) in [5, 5.41) is 9.08. The molecule has 1 heterocycles. The van der Waals surface area contributed by atoms with Gasteiger partial charge >= 0.3 is 0 Å². The van der Waals surface area contributed by atoms with Gasteiger partial charge in [0.15, 0.2) is 0 Å². The molecule has 1 saturated heterocycles. The number of hydrogen-bond acceptors (Lipinski definition) is 3. The summed E-state index contributed by atoms with van der Waals surface area (Å²) in [6, 6.07) is 0.112.